The Kier molecular flexibility index (Phi) is 7.05. The summed E-state index contributed by atoms with van der Waals surface area (Å²) in [6.07, 6.45) is -0.282. The first-order valence-electron chi connectivity index (χ1n) is 10.6. The number of aromatic nitrogens is 2. The van der Waals surface area contributed by atoms with Gasteiger partial charge in [0.05, 0.1) is 23.2 Å². The van der Waals surface area contributed by atoms with Gasteiger partial charge in [0.2, 0.25) is 0 Å². The fourth-order valence-electron chi connectivity index (χ4n) is 3.79. The van der Waals surface area contributed by atoms with Gasteiger partial charge in [0.15, 0.2) is 5.16 Å². The minimum Gasteiger partial charge on any atom is -0.460 e. The first-order chi connectivity index (χ1) is 15.8. The summed E-state index contributed by atoms with van der Waals surface area (Å²) in [7, 11) is 0. The summed E-state index contributed by atoms with van der Waals surface area (Å²) >= 11 is 4.96. The molecule has 0 bridgehead atoms. The van der Waals surface area contributed by atoms with Gasteiger partial charge in [0.1, 0.15) is 5.82 Å². The normalized spacial score (nSPS) is 15.2. The summed E-state index contributed by atoms with van der Waals surface area (Å²) in [5.74, 6) is 0.0816. The second-order valence-electron chi connectivity index (χ2n) is 8.01. The van der Waals surface area contributed by atoms with E-state index in [1.807, 2.05) is 61.5 Å². The van der Waals surface area contributed by atoms with Crippen LogP contribution in [-0.4, -0.2) is 22.0 Å². The number of esters is 1. The van der Waals surface area contributed by atoms with Crippen molar-refractivity contribution in [1.29, 1.82) is 0 Å². The SMILES string of the molecule is CC1=C(C(=O)OC(C)C)C(c2cccc(Br)c2)c2c(nc(SCc3ccccc3)[nH]c2=O)N1. The van der Waals surface area contributed by atoms with Gasteiger partial charge in [-0.2, -0.15) is 0 Å². The Balaban J connectivity index is 1.77. The van der Waals surface area contributed by atoms with Crippen molar-refractivity contribution in [2.75, 3.05) is 5.32 Å². The fraction of sp³-hybridized carbons (Fsp3) is 0.240. The minimum absolute atomic E-state index is 0.282. The van der Waals surface area contributed by atoms with Crippen molar-refractivity contribution >= 4 is 39.5 Å². The number of ether oxygens (including phenoxy) is 1. The quantitative estimate of drug-likeness (QED) is 0.247. The van der Waals surface area contributed by atoms with Crippen LogP contribution in [0.1, 0.15) is 43.4 Å². The number of H-pyrrole nitrogens is 1. The molecule has 0 aliphatic carbocycles. The predicted molar refractivity (Wildman–Crippen MR) is 134 cm³/mol. The molecule has 170 valence electrons. The molecule has 4 rings (SSSR count). The molecule has 33 heavy (non-hydrogen) atoms. The van der Waals surface area contributed by atoms with Crippen LogP contribution in [0, 0.1) is 0 Å². The number of hydrogen-bond donors (Lipinski definition) is 2. The standard InChI is InChI=1S/C25H24BrN3O3S/c1-14(2)32-24(31)19-15(3)27-22-21(20(19)17-10-7-11-18(26)12-17)23(30)29-25(28-22)33-13-16-8-5-4-6-9-16/h4-12,14,20H,13H2,1-3H3,(H2,27,28,29,30). The monoisotopic (exact) mass is 525 g/mol. The number of thioether (sulfide) groups is 1. The zero-order valence-corrected chi connectivity index (χ0v) is 20.9. The van der Waals surface area contributed by atoms with E-state index >= 15 is 0 Å². The highest BCUT2D eigenvalue weighted by Crippen LogP contribution is 2.41. The lowest BCUT2D eigenvalue weighted by atomic mass is 9.82. The molecule has 8 heteroatoms. The van der Waals surface area contributed by atoms with Crippen LogP contribution in [0.4, 0.5) is 5.82 Å². The highest BCUT2D eigenvalue weighted by Gasteiger charge is 2.36. The number of anilines is 1. The molecule has 0 amide bonds. The summed E-state index contributed by atoms with van der Waals surface area (Å²) < 4.78 is 6.38. The van der Waals surface area contributed by atoms with Crippen molar-refractivity contribution < 1.29 is 9.53 Å². The first kappa shape index (κ1) is 23.3. The van der Waals surface area contributed by atoms with Gasteiger partial charge in [0.25, 0.3) is 5.56 Å². The van der Waals surface area contributed by atoms with E-state index in [4.69, 9.17) is 9.72 Å². The molecular formula is C25H24BrN3O3S. The maximum absolute atomic E-state index is 13.3. The van der Waals surface area contributed by atoms with Gasteiger partial charge in [-0.1, -0.05) is 70.2 Å². The maximum Gasteiger partial charge on any atom is 0.337 e. The number of allylic oxidation sites excluding steroid dienone is 1. The van der Waals surface area contributed by atoms with Crippen LogP contribution < -0.4 is 10.9 Å². The average Bonchev–Trinajstić information content (AvgIpc) is 2.77. The number of halogens is 1. The largest absolute Gasteiger partial charge is 0.460 e. The molecule has 0 spiro atoms. The molecule has 0 radical (unpaired) electrons. The smallest absolute Gasteiger partial charge is 0.337 e. The summed E-state index contributed by atoms with van der Waals surface area (Å²) in [6, 6.07) is 17.6. The molecule has 3 aromatic rings. The number of benzene rings is 2. The third-order valence-electron chi connectivity index (χ3n) is 5.18. The molecule has 0 saturated carbocycles. The molecule has 0 saturated heterocycles. The van der Waals surface area contributed by atoms with Gasteiger partial charge in [0, 0.05) is 15.9 Å². The van der Waals surface area contributed by atoms with Crippen molar-refractivity contribution in [2.24, 2.45) is 0 Å². The lowest BCUT2D eigenvalue weighted by molar-refractivity contribution is -0.143. The van der Waals surface area contributed by atoms with E-state index in [2.05, 4.69) is 26.2 Å². The average molecular weight is 526 g/mol. The van der Waals surface area contributed by atoms with Crippen LogP contribution in [0.5, 0.6) is 0 Å². The third-order valence-corrected chi connectivity index (χ3v) is 6.62. The van der Waals surface area contributed by atoms with Gasteiger partial charge in [-0.15, -0.1) is 0 Å². The van der Waals surface area contributed by atoms with Crippen LogP contribution in [0.3, 0.4) is 0 Å². The molecule has 1 aromatic heterocycles. The fourth-order valence-corrected chi connectivity index (χ4v) is 5.03. The van der Waals surface area contributed by atoms with E-state index in [0.717, 1.165) is 15.6 Å². The Bertz CT molecular complexity index is 1270. The Morgan fingerprint density at radius 2 is 1.94 bits per heavy atom. The van der Waals surface area contributed by atoms with Crippen molar-refractivity contribution in [3.05, 3.63) is 97.4 Å². The number of nitrogens with one attached hydrogen (secondary N) is 2. The third kappa shape index (κ3) is 5.23. The molecule has 6 nitrogen and oxygen atoms in total. The van der Waals surface area contributed by atoms with E-state index in [1.54, 1.807) is 13.8 Å². The highest BCUT2D eigenvalue weighted by molar-refractivity contribution is 9.10. The molecule has 1 atom stereocenters. The van der Waals surface area contributed by atoms with E-state index in [1.165, 1.54) is 11.8 Å². The molecule has 1 aliphatic rings. The number of aromatic amines is 1. The molecular weight excluding hydrogens is 502 g/mol. The zero-order valence-electron chi connectivity index (χ0n) is 18.5. The number of nitrogens with zero attached hydrogens (tertiary/aromatic N) is 1. The lowest BCUT2D eigenvalue weighted by Gasteiger charge is -2.29. The van der Waals surface area contributed by atoms with Gasteiger partial charge in [-0.3, -0.25) is 4.79 Å². The number of carbonyl (C=O) groups excluding carboxylic acids is 1. The van der Waals surface area contributed by atoms with Gasteiger partial charge >= 0.3 is 5.97 Å². The Labute approximate surface area is 205 Å². The highest BCUT2D eigenvalue weighted by atomic mass is 79.9. The van der Waals surface area contributed by atoms with Crippen molar-refractivity contribution in [1.82, 2.24) is 9.97 Å². The summed E-state index contributed by atoms with van der Waals surface area (Å²) in [4.78, 5) is 34.0. The van der Waals surface area contributed by atoms with Crippen LogP contribution >= 0.6 is 27.7 Å². The molecule has 2 aromatic carbocycles. The van der Waals surface area contributed by atoms with Crippen LogP contribution in [-0.2, 0) is 15.3 Å². The topological polar surface area (TPSA) is 84.1 Å². The van der Waals surface area contributed by atoms with Crippen molar-refractivity contribution in [3.63, 3.8) is 0 Å². The second kappa shape index (κ2) is 9.97. The Hall–Kier alpha value is -2.84. The Morgan fingerprint density at radius 3 is 2.64 bits per heavy atom. The predicted octanol–water partition coefficient (Wildman–Crippen LogP) is 5.61. The van der Waals surface area contributed by atoms with Crippen LogP contribution in [0.25, 0.3) is 0 Å². The molecule has 2 N–H and O–H groups in total. The number of rotatable bonds is 6. The summed E-state index contributed by atoms with van der Waals surface area (Å²) in [5.41, 5.74) is 3.09. The van der Waals surface area contributed by atoms with E-state index < -0.39 is 11.9 Å². The number of hydrogen-bond acceptors (Lipinski definition) is 6. The zero-order chi connectivity index (χ0) is 23.5. The molecule has 2 heterocycles. The van der Waals surface area contributed by atoms with E-state index in [0.29, 0.717) is 33.6 Å². The second-order valence-corrected chi connectivity index (χ2v) is 9.89. The van der Waals surface area contributed by atoms with Gasteiger partial charge < -0.3 is 15.0 Å². The minimum atomic E-state index is -0.602. The van der Waals surface area contributed by atoms with Crippen LogP contribution in [0.2, 0.25) is 0 Å². The van der Waals surface area contributed by atoms with Crippen molar-refractivity contribution in [2.45, 2.75) is 43.7 Å². The summed E-state index contributed by atoms with van der Waals surface area (Å²) in [6.45, 7) is 5.41. The first-order valence-corrected chi connectivity index (χ1v) is 12.4. The van der Waals surface area contributed by atoms with E-state index in [9.17, 15) is 9.59 Å². The molecule has 1 aliphatic heterocycles. The maximum atomic E-state index is 13.3. The molecule has 1 unspecified atom stereocenters. The molecule has 0 fully saturated rings. The van der Waals surface area contributed by atoms with Gasteiger partial charge in [-0.05, 0) is 44.0 Å². The number of carbonyl (C=O) groups is 1. The van der Waals surface area contributed by atoms with Gasteiger partial charge in [-0.25, -0.2) is 9.78 Å². The summed E-state index contributed by atoms with van der Waals surface area (Å²) in [5, 5.41) is 3.70. The van der Waals surface area contributed by atoms with E-state index in [-0.39, 0.29) is 11.7 Å². The van der Waals surface area contributed by atoms with Crippen LogP contribution in [0.15, 0.2) is 80.3 Å². The lowest BCUT2D eigenvalue weighted by Crippen LogP contribution is -2.31. The number of fused-ring (bicyclic) bond motifs is 1. The van der Waals surface area contributed by atoms with Crippen molar-refractivity contribution in [3.8, 4) is 0 Å². The Morgan fingerprint density at radius 1 is 1.18 bits per heavy atom.